The van der Waals surface area contributed by atoms with Gasteiger partial charge in [0.15, 0.2) is 0 Å². The Hall–Kier alpha value is -2.53. The fourth-order valence-corrected chi connectivity index (χ4v) is 2.34. The monoisotopic (exact) mass is 346 g/mol. The number of hydrogen-bond donors (Lipinski definition) is 2. The maximum Gasteiger partial charge on any atom is 0.233 e. The van der Waals surface area contributed by atoms with Crippen molar-refractivity contribution in [3.05, 3.63) is 53.1 Å². The third-order valence-corrected chi connectivity index (χ3v) is 3.47. The molecular formula is C18H19ClN2O3. The first kappa shape index (κ1) is 17.8. The minimum absolute atomic E-state index is 0.269. The summed E-state index contributed by atoms with van der Waals surface area (Å²) in [5.41, 5.74) is 2.08. The van der Waals surface area contributed by atoms with E-state index >= 15 is 0 Å². The quantitative estimate of drug-likeness (QED) is 0.776. The number of ether oxygens (including phenoxy) is 1. The van der Waals surface area contributed by atoms with Gasteiger partial charge in [-0.1, -0.05) is 11.6 Å². The third-order valence-electron chi connectivity index (χ3n) is 3.23. The molecule has 0 aliphatic rings. The van der Waals surface area contributed by atoms with E-state index in [1.54, 1.807) is 42.5 Å². The Labute approximate surface area is 146 Å². The van der Waals surface area contributed by atoms with Crippen LogP contribution in [0.3, 0.4) is 0 Å². The number of anilines is 2. The fraction of sp³-hybridized carbons (Fsp3) is 0.222. The van der Waals surface area contributed by atoms with Crippen LogP contribution in [0.2, 0.25) is 5.02 Å². The zero-order chi connectivity index (χ0) is 17.5. The summed E-state index contributed by atoms with van der Waals surface area (Å²) in [6, 6.07) is 12.1. The predicted octanol–water partition coefficient (Wildman–Crippen LogP) is 4.01. The van der Waals surface area contributed by atoms with E-state index in [-0.39, 0.29) is 18.2 Å². The van der Waals surface area contributed by atoms with Gasteiger partial charge in [0.1, 0.15) is 12.2 Å². The van der Waals surface area contributed by atoms with E-state index in [0.29, 0.717) is 23.0 Å². The average molecular weight is 347 g/mol. The van der Waals surface area contributed by atoms with Crippen molar-refractivity contribution in [3.63, 3.8) is 0 Å². The van der Waals surface area contributed by atoms with Gasteiger partial charge in [-0.25, -0.2) is 0 Å². The number of rotatable bonds is 6. The Morgan fingerprint density at radius 2 is 1.71 bits per heavy atom. The predicted molar refractivity (Wildman–Crippen MR) is 95.7 cm³/mol. The second-order valence-corrected chi connectivity index (χ2v) is 5.63. The van der Waals surface area contributed by atoms with Crippen LogP contribution in [0.25, 0.3) is 0 Å². The third kappa shape index (κ3) is 5.28. The average Bonchev–Trinajstić information content (AvgIpc) is 2.52. The van der Waals surface area contributed by atoms with Gasteiger partial charge in [0.2, 0.25) is 11.8 Å². The van der Waals surface area contributed by atoms with Crippen LogP contribution in [0.1, 0.15) is 18.9 Å². The van der Waals surface area contributed by atoms with Gasteiger partial charge in [-0.05, 0) is 61.9 Å². The lowest BCUT2D eigenvalue weighted by Crippen LogP contribution is -2.21. The highest BCUT2D eigenvalue weighted by Gasteiger charge is 2.11. The van der Waals surface area contributed by atoms with Crippen molar-refractivity contribution in [2.75, 3.05) is 17.2 Å². The molecular weight excluding hydrogens is 328 g/mol. The molecule has 0 aliphatic carbocycles. The molecule has 2 N–H and O–H groups in total. The largest absolute Gasteiger partial charge is 0.494 e. The van der Waals surface area contributed by atoms with Gasteiger partial charge in [-0.2, -0.15) is 0 Å². The van der Waals surface area contributed by atoms with Crippen LogP contribution in [0.5, 0.6) is 5.75 Å². The molecule has 2 rings (SSSR count). The van der Waals surface area contributed by atoms with Crippen LogP contribution in [0, 0.1) is 6.92 Å². The number of benzene rings is 2. The molecule has 0 aliphatic heterocycles. The number of halogens is 1. The van der Waals surface area contributed by atoms with Crippen molar-refractivity contribution < 1.29 is 14.3 Å². The van der Waals surface area contributed by atoms with Gasteiger partial charge in [-0.15, -0.1) is 0 Å². The SMILES string of the molecule is CCOc1ccc(NC(=O)CC(=O)Nc2ccc(Cl)cc2C)cc1. The molecule has 0 bridgehead atoms. The van der Waals surface area contributed by atoms with Gasteiger partial charge >= 0.3 is 0 Å². The van der Waals surface area contributed by atoms with Crippen LogP contribution in [0.15, 0.2) is 42.5 Å². The molecule has 126 valence electrons. The second kappa shape index (κ2) is 8.36. The van der Waals surface area contributed by atoms with Gasteiger partial charge in [0.05, 0.1) is 6.61 Å². The number of amides is 2. The second-order valence-electron chi connectivity index (χ2n) is 5.19. The Morgan fingerprint density at radius 3 is 2.33 bits per heavy atom. The molecule has 0 radical (unpaired) electrons. The van der Waals surface area contributed by atoms with E-state index in [4.69, 9.17) is 16.3 Å². The molecule has 0 saturated carbocycles. The summed E-state index contributed by atoms with van der Waals surface area (Å²) < 4.78 is 5.33. The van der Waals surface area contributed by atoms with Crippen molar-refractivity contribution in [3.8, 4) is 5.75 Å². The van der Waals surface area contributed by atoms with Gasteiger partial charge in [0, 0.05) is 16.4 Å². The number of aryl methyl sites for hydroxylation is 1. The van der Waals surface area contributed by atoms with Crippen molar-refractivity contribution in [1.82, 2.24) is 0 Å². The number of nitrogens with one attached hydrogen (secondary N) is 2. The summed E-state index contributed by atoms with van der Waals surface area (Å²) >= 11 is 5.87. The highest BCUT2D eigenvalue weighted by atomic mass is 35.5. The molecule has 24 heavy (non-hydrogen) atoms. The van der Waals surface area contributed by atoms with E-state index in [1.165, 1.54) is 0 Å². The van der Waals surface area contributed by atoms with E-state index in [9.17, 15) is 9.59 Å². The molecule has 2 amide bonds. The smallest absolute Gasteiger partial charge is 0.233 e. The molecule has 0 atom stereocenters. The van der Waals surface area contributed by atoms with Crippen molar-refractivity contribution in [1.29, 1.82) is 0 Å². The number of carbonyl (C=O) groups is 2. The molecule has 2 aromatic rings. The van der Waals surface area contributed by atoms with E-state index < -0.39 is 0 Å². The summed E-state index contributed by atoms with van der Waals surface area (Å²) in [7, 11) is 0. The maximum atomic E-state index is 12.0. The van der Waals surface area contributed by atoms with Crippen LogP contribution in [-0.2, 0) is 9.59 Å². The topological polar surface area (TPSA) is 67.4 Å². The lowest BCUT2D eigenvalue weighted by atomic mass is 10.2. The van der Waals surface area contributed by atoms with E-state index in [1.807, 2.05) is 13.8 Å². The summed E-state index contributed by atoms with van der Waals surface area (Å²) in [5, 5.41) is 5.97. The lowest BCUT2D eigenvalue weighted by molar-refractivity contribution is -0.123. The Balaban J connectivity index is 1.88. The highest BCUT2D eigenvalue weighted by molar-refractivity contribution is 6.30. The van der Waals surface area contributed by atoms with Crippen molar-refractivity contribution >= 4 is 34.8 Å². The molecule has 0 heterocycles. The highest BCUT2D eigenvalue weighted by Crippen LogP contribution is 2.20. The van der Waals surface area contributed by atoms with Crippen LogP contribution < -0.4 is 15.4 Å². The molecule has 0 spiro atoms. The van der Waals surface area contributed by atoms with Gasteiger partial charge < -0.3 is 15.4 Å². The van der Waals surface area contributed by atoms with Gasteiger partial charge in [-0.3, -0.25) is 9.59 Å². The fourth-order valence-electron chi connectivity index (χ4n) is 2.11. The standard InChI is InChI=1S/C18H19ClN2O3/c1-3-24-15-7-5-14(6-8-15)20-17(22)11-18(23)21-16-9-4-13(19)10-12(16)2/h4-10H,3,11H2,1-2H3,(H,20,22)(H,21,23). The number of carbonyl (C=O) groups excluding carboxylic acids is 2. The summed E-state index contributed by atoms with van der Waals surface area (Å²) in [5.74, 6) is -0.0430. The van der Waals surface area contributed by atoms with Crippen LogP contribution in [-0.4, -0.2) is 18.4 Å². The molecule has 0 unspecified atom stereocenters. The first-order valence-corrected chi connectivity index (χ1v) is 7.94. The molecule has 0 saturated heterocycles. The van der Waals surface area contributed by atoms with Crippen LogP contribution >= 0.6 is 11.6 Å². The molecule has 5 nitrogen and oxygen atoms in total. The van der Waals surface area contributed by atoms with E-state index in [2.05, 4.69) is 10.6 Å². The van der Waals surface area contributed by atoms with Crippen molar-refractivity contribution in [2.24, 2.45) is 0 Å². The zero-order valence-electron chi connectivity index (χ0n) is 13.6. The van der Waals surface area contributed by atoms with Crippen molar-refractivity contribution in [2.45, 2.75) is 20.3 Å². The first-order chi connectivity index (χ1) is 11.5. The molecule has 6 heteroatoms. The van der Waals surface area contributed by atoms with Gasteiger partial charge in [0.25, 0.3) is 0 Å². The normalized spacial score (nSPS) is 10.1. The summed E-state index contributed by atoms with van der Waals surface area (Å²) in [6.07, 6.45) is -0.269. The zero-order valence-corrected chi connectivity index (χ0v) is 14.3. The lowest BCUT2D eigenvalue weighted by Gasteiger charge is -2.09. The Morgan fingerprint density at radius 1 is 1.04 bits per heavy atom. The minimum Gasteiger partial charge on any atom is -0.494 e. The summed E-state index contributed by atoms with van der Waals surface area (Å²) in [4.78, 5) is 23.9. The summed E-state index contributed by atoms with van der Waals surface area (Å²) in [6.45, 7) is 4.31. The Kier molecular flexibility index (Phi) is 6.21. The van der Waals surface area contributed by atoms with Crippen LogP contribution in [0.4, 0.5) is 11.4 Å². The Bertz CT molecular complexity index is 730. The maximum absolute atomic E-state index is 12.0. The minimum atomic E-state index is -0.386. The molecule has 2 aromatic carbocycles. The number of hydrogen-bond acceptors (Lipinski definition) is 3. The molecule has 0 fully saturated rings. The molecule has 0 aromatic heterocycles. The van der Waals surface area contributed by atoms with E-state index in [0.717, 1.165) is 11.3 Å². The first-order valence-electron chi connectivity index (χ1n) is 7.56.